The molecule has 0 N–H and O–H groups in total. The van der Waals surface area contributed by atoms with Crippen LogP contribution in [0.5, 0.6) is 5.75 Å². The van der Waals surface area contributed by atoms with Gasteiger partial charge in [0.15, 0.2) is 6.61 Å². The summed E-state index contributed by atoms with van der Waals surface area (Å²) in [5.41, 5.74) is 3.52. The fraction of sp³-hybridized carbons (Fsp3) is 0.400. The van der Waals surface area contributed by atoms with Crippen LogP contribution in [0.25, 0.3) is 0 Å². The van der Waals surface area contributed by atoms with Crippen molar-refractivity contribution in [3.05, 3.63) is 59.4 Å². The molecule has 0 aliphatic carbocycles. The van der Waals surface area contributed by atoms with Gasteiger partial charge in [-0.1, -0.05) is 17.7 Å². The van der Waals surface area contributed by atoms with E-state index in [1.54, 1.807) is 0 Å². The first-order valence-electron chi connectivity index (χ1n) is 8.71. The maximum atomic E-state index is 12.4. The summed E-state index contributed by atoms with van der Waals surface area (Å²) in [5.74, 6) is 0.846. The van der Waals surface area contributed by atoms with E-state index in [-0.39, 0.29) is 12.5 Å². The van der Waals surface area contributed by atoms with Gasteiger partial charge >= 0.3 is 0 Å². The summed E-state index contributed by atoms with van der Waals surface area (Å²) in [5, 5.41) is 0. The molecule has 0 bridgehead atoms. The quantitative estimate of drug-likeness (QED) is 0.839. The fourth-order valence-electron chi connectivity index (χ4n) is 3.09. The number of benzene rings is 1. The summed E-state index contributed by atoms with van der Waals surface area (Å²) >= 11 is 0. The van der Waals surface area contributed by atoms with Crippen molar-refractivity contribution in [2.45, 2.75) is 20.4 Å². The molecule has 5 heteroatoms. The normalized spacial score (nSPS) is 15.2. The molecule has 0 spiro atoms. The fourth-order valence-corrected chi connectivity index (χ4v) is 3.09. The molecule has 0 radical (unpaired) electrons. The van der Waals surface area contributed by atoms with Crippen LogP contribution < -0.4 is 4.74 Å². The van der Waals surface area contributed by atoms with Gasteiger partial charge in [-0.3, -0.25) is 14.7 Å². The number of hydrogen-bond donors (Lipinski definition) is 0. The zero-order chi connectivity index (χ0) is 17.6. The largest absolute Gasteiger partial charge is 0.484 e. The SMILES string of the molecule is Cc1ccc(OCC(=O)N2CCN(Cc3ccncc3)CC2)c(C)c1. The van der Waals surface area contributed by atoms with Gasteiger partial charge < -0.3 is 9.64 Å². The molecule has 1 fully saturated rings. The Hall–Kier alpha value is -2.40. The third-order valence-electron chi connectivity index (χ3n) is 4.56. The van der Waals surface area contributed by atoms with Crippen molar-refractivity contribution in [3.8, 4) is 5.75 Å². The smallest absolute Gasteiger partial charge is 0.260 e. The highest BCUT2D eigenvalue weighted by Gasteiger charge is 2.21. The highest BCUT2D eigenvalue weighted by Crippen LogP contribution is 2.18. The van der Waals surface area contributed by atoms with Crippen molar-refractivity contribution in [2.24, 2.45) is 0 Å². The molecule has 132 valence electrons. The molecule has 1 saturated heterocycles. The zero-order valence-corrected chi connectivity index (χ0v) is 14.9. The van der Waals surface area contributed by atoms with Gasteiger partial charge in [-0.15, -0.1) is 0 Å². The van der Waals surface area contributed by atoms with Crippen molar-refractivity contribution in [1.82, 2.24) is 14.8 Å². The van der Waals surface area contributed by atoms with E-state index in [0.717, 1.165) is 44.0 Å². The second kappa shape index (κ2) is 8.12. The lowest BCUT2D eigenvalue weighted by Gasteiger charge is -2.34. The molecule has 2 heterocycles. The highest BCUT2D eigenvalue weighted by atomic mass is 16.5. The Balaban J connectivity index is 1.45. The summed E-state index contributed by atoms with van der Waals surface area (Å²) < 4.78 is 5.72. The summed E-state index contributed by atoms with van der Waals surface area (Å²) in [6.45, 7) is 8.34. The number of piperazine rings is 1. The Kier molecular flexibility index (Phi) is 5.66. The summed E-state index contributed by atoms with van der Waals surface area (Å²) in [4.78, 5) is 20.7. The maximum Gasteiger partial charge on any atom is 0.260 e. The molecule has 1 aliphatic rings. The standard InChI is InChI=1S/C20H25N3O2/c1-16-3-4-19(17(2)13-16)25-15-20(24)23-11-9-22(10-12-23)14-18-5-7-21-8-6-18/h3-8,13H,9-12,14-15H2,1-2H3. The van der Waals surface area contributed by atoms with Crippen molar-refractivity contribution in [2.75, 3.05) is 32.8 Å². The number of amides is 1. The van der Waals surface area contributed by atoms with Crippen LogP contribution in [0, 0.1) is 13.8 Å². The number of pyridine rings is 1. The number of rotatable bonds is 5. The predicted octanol–water partition coefficient (Wildman–Crippen LogP) is 2.42. The molecule has 3 rings (SSSR count). The van der Waals surface area contributed by atoms with Crippen molar-refractivity contribution < 1.29 is 9.53 Å². The first-order chi connectivity index (χ1) is 12.1. The molecule has 0 saturated carbocycles. The van der Waals surface area contributed by atoms with E-state index in [9.17, 15) is 4.79 Å². The molecule has 0 atom stereocenters. The van der Waals surface area contributed by atoms with Crippen LogP contribution in [0.4, 0.5) is 0 Å². The van der Waals surface area contributed by atoms with Gasteiger partial charge in [0.2, 0.25) is 0 Å². The van der Waals surface area contributed by atoms with E-state index >= 15 is 0 Å². The third-order valence-corrected chi connectivity index (χ3v) is 4.56. The Morgan fingerprint density at radius 2 is 1.80 bits per heavy atom. The van der Waals surface area contributed by atoms with Gasteiger partial charge in [0.05, 0.1) is 0 Å². The van der Waals surface area contributed by atoms with E-state index < -0.39 is 0 Å². The van der Waals surface area contributed by atoms with Crippen LogP contribution in [-0.2, 0) is 11.3 Å². The minimum absolute atomic E-state index is 0.0588. The van der Waals surface area contributed by atoms with Gasteiger partial charge in [0.25, 0.3) is 5.91 Å². The van der Waals surface area contributed by atoms with Gasteiger partial charge in [0, 0.05) is 45.1 Å². The average Bonchev–Trinajstić information content (AvgIpc) is 2.62. The van der Waals surface area contributed by atoms with Crippen LogP contribution in [0.3, 0.4) is 0 Å². The second-order valence-electron chi connectivity index (χ2n) is 6.57. The minimum Gasteiger partial charge on any atom is -0.484 e. The highest BCUT2D eigenvalue weighted by molar-refractivity contribution is 5.78. The average molecular weight is 339 g/mol. The molecule has 1 aromatic heterocycles. The number of aryl methyl sites for hydroxylation is 2. The molecule has 0 unspecified atom stereocenters. The molecule has 1 amide bonds. The lowest BCUT2D eigenvalue weighted by atomic mass is 10.1. The van der Waals surface area contributed by atoms with Crippen molar-refractivity contribution in [3.63, 3.8) is 0 Å². The van der Waals surface area contributed by atoms with Crippen molar-refractivity contribution >= 4 is 5.91 Å². The molecule has 2 aromatic rings. The third kappa shape index (κ3) is 4.79. The van der Waals surface area contributed by atoms with Gasteiger partial charge in [-0.25, -0.2) is 0 Å². The van der Waals surface area contributed by atoms with Crippen molar-refractivity contribution in [1.29, 1.82) is 0 Å². The zero-order valence-electron chi connectivity index (χ0n) is 14.9. The first-order valence-corrected chi connectivity index (χ1v) is 8.71. The van der Waals surface area contributed by atoms with E-state index in [0.29, 0.717) is 0 Å². The van der Waals surface area contributed by atoms with E-state index in [1.807, 2.05) is 55.4 Å². The molecule has 25 heavy (non-hydrogen) atoms. The molecule has 1 aromatic carbocycles. The van der Waals surface area contributed by atoms with Gasteiger partial charge in [-0.2, -0.15) is 0 Å². The van der Waals surface area contributed by atoms with E-state index in [1.165, 1.54) is 11.1 Å². The number of hydrogen-bond acceptors (Lipinski definition) is 4. The number of ether oxygens (including phenoxy) is 1. The van der Waals surface area contributed by atoms with E-state index in [4.69, 9.17) is 4.74 Å². The molecule has 5 nitrogen and oxygen atoms in total. The Labute approximate surface area is 149 Å². The van der Waals surface area contributed by atoms with Crippen LogP contribution in [0.1, 0.15) is 16.7 Å². The Morgan fingerprint density at radius 1 is 1.08 bits per heavy atom. The first kappa shape index (κ1) is 17.4. The second-order valence-corrected chi connectivity index (χ2v) is 6.57. The van der Waals surface area contributed by atoms with Crippen LogP contribution in [0.15, 0.2) is 42.7 Å². The van der Waals surface area contributed by atoms with Crippen LogP contribution in [0.2, 0.25) is 0 Å². The predicted molar refractivity (Wildman–Crippen MR) is 97.5 cm³/mol. The van der Waals surface area contributed by atoms with Crippen LogP contribution >= 0.6 is 0 Å². The maximum absolute atomic E-state index is 12.4. The molecular weight excluding hydrogens is 314 g/mol. The van der Waals surface area contributed by atoms with E-state index in [2.05, 4.69) is 16.0 Å². The number of carbonyl (C=O) groups excluding carboxylic acids is 1. The monoisotopic (exact) mass is 339 g/mol. The lowest BCUT2D eigenvalue weighted by Crippen LogP contribution is -2.49. The lowest BCUT2D eigenvalue weighted by molar-refractivity contribution is -0.135. The number of carbonyl (C=O) groups is 1. The van der Waals surface area contributed by atoms with Gasteiger partial charge in [0.1, 0.15) is 5.75 Å². The van der Waals surface area contributed by atoms with Crippen LogP contribution in [-0.4, -0.2) is 53.5 Å². The van der Waals surface area contributed by atoms with Gasteiger partial charge in [-0.05, 0) is 43.2 Å². The summed E-state index contributed by atoms with van der Waals surface area (Å²) in [7, 11) is 0. The number of aromatic nitrogens is 1. The number of nitrogens with zero attached hydrogens (tertiary/aromatic N) is 3. The minimum atomic E-state index is 0.0588. The Morgan fingerprint density at radius 3 is 2.48 bits per heavy atom. The topological polar surface area (TPSA) is 45.7 Å². The Bertz CT molecular complexity index is 710. The molecular formula is C20H25N3O2. The summed E-state index contributed by atoms with van der Waals surface area (Å²) in [6.07, 6.45) is 3.64. The molecule has 1 aliphatic heterocycles. The summed E-state index contributed by atoms with van der Waals surface area (Å²) in [6, 6.07) is 10.1.